The van der Waals surface area contributed by atoms with Gasteiger partial charge in [-0.1, -0.05) is 35.4 Å². The van der Waals surface area contributed by atoms with Gasteiger partial charge in [-0.25, -0.2) is 0 Å². The van der Waals surface area contributed by atoms with Crippen molar-refractivity contribution in [2.45, 2.75) is 43.5 Å². The van der Waals surface area contributed by atoms with Gasteiger partial charge < -0.3 is 10.2 Å². The van der Waals surface area contributed by atoms with Crippen LogP contribution in [0.5, 0.6) is 0 Å². The van der Waals surface area contributed by atoms with Crippen molar-refractivity contribution in [3.05, 3.63) is 70.3 Å². The summed E-state index contributed by atoms with van der Waals surface area (Å²) in [6.07, 6.45) is 8.04. The van der Waals surface area contributed by atoms with Gasteiger partial charge in [-0.3, -0.25) is 9.59 Å². The number of allylic oxidation sites excluding steroid dienone is 1. The van der Waals surface area contributed by atoms with Gasteiger partial charge in [0.15, 0.2) is 0 Å². The van der Waals surface area contributed by atoms with Crippen molar-refractivity contribution in [3.8, 4) is 0 Å². The van der Waals surface area contributed by atoms with Gasteiger partial charge in [0.2, 0.25) is 5.91 Å². The zero-order valence-corrected chi connectivity index (χ0v) is 18.4. The topological polar surface area (TPSA) is 49.4 Å². The van der Waals surface area contributed by atoms with E-state index >= 15 is 0 Å². The maximum absolute atomic E-state index is 12.7. The van der Waals surface area contributed by atoms with Crippen LogP contribution in [0.25, 0.3) is 0 Å². The van der Waals surface area contributed by atoms with Crippen molar-refractivity contribution in [3.63, 3.8) is 0 Å². The van der Waals surface area contributed by atoms with E-state index in [1.807, 2.05) is 42.5 Å². The quantitative estimate of drug-likeness (QED) is 0.595. The number of anilines is 1. The number of amides is 2. The minimum atomic E-state index is -0.0973. The summed E-state index contributed by atoms with van der Waals surface area (Å²) < 4.78 is 0. The van der Waals surface area contributed by atoms with Gasteiger partial charge in [-0.05, 0) is 68.0 Å². The average molecular weight is 441 g/mol. The molecule has 0 radical (unpaired) electrons. The fourth-order valence-electron chi connectivity index (χ4n) is 3.90. The Morgan fingerprint density at radius 3 is 2.87 bits per heavy atom. The molecule has 1 aliphatic carbocycles. The van der Waals surface area contributed by atoms with Crippen molar-refractivity contribution >= 4 is 40.9 Å². The van der Waals surface area contributed by atoms with Crippen LogP contribution in [0.3, 0.4) is 0 Å². The van der Waals surface area contributed by atoms with Crippen LogP contribution in [0.4, 0.5) is 5.69 Å². The van der Waals surface area contributed by atoms with Crippen molar-refractivity contribution in [1.29, 1.82) is 0 Å². The van der Waals surface area contributed by atoms with Gasteiger partial charge in [0.1, 0.15) is 0 Å². The number of carbonyl (C=O) groups is 2. The maximum atomic E-state index is 12.7. The average Bonchev–Trinajstić information content (AvgIpc) is 2.76. The number of benzene rings is 2. The minimum absolute atomic E-state index is 0.0364. The van der Waals surface area contributed by atoms with E-state index in [9.17, 15) is 9.59 Å². The van der Waals surface area contributed by atoms with Crippen molar-refractivity contribution in [2.75, 3.05) is 17.2 Å². The second-order valence-corrected chi connectivity index (χ2v) is 9.15. The van der Waals surface area contributed by atoms with E-state index < -0.39 is 0 Å². The van der Waals surface area contributed by atoms with Gasteiger partial charge in [-0.2, -0.15) is 0 Å². The van der Waals surface area contributed by atoms with Crippen LogP contribution in [0.2, 0.25) is 5.02 Å². The normalized spacial score (nSPS) is 16.1. The zero-order chi connectivity index (χ0) is 20.9. The summed E-state index contributed by atoms with van der Waals surface area (Å²) in [6.45, 7) is 1.08. The molecule has 156 valence electrons. The molecule has 0 spiro atoms. The van der Waals surface area contributed by atoms with E-state index in [2.05, 4.69) is 11.4 Å². The molecular weight excluding hydrogens is 416 g/mol. The van der Waals surface area contributed by atoms with E-state index in [4.69, 9.17) is 11.6 Å². The minimum Gasteiger partial charge on any atom is -0.352 e. The Bertz CT molecular complexity index is 989. The Kier molecular flexibility index (Phi) is 6.80. The second kappa shape index (κ2) is 9.71. The molecule has 0 atom stereocenters. The lowest BCUT2D eigenvalue weighted by Crippen LogP contribution is -2.35. The van der Waals surface area contributed by atoms with E-state index in [0.29, 0.717) is 29.4 Å². The third kappa shape index (κ3) is 5.08. The lowest BCUT2D eigenvalue weighted by molar-refractivity contribution is -0.116. The van der Waals surface area contributed by atoms with Crippen LogP contribution in [-0.4, -0.2) is 24.1 Å². The maximum Gasteiger partial charge on any atom is 0.251 e. The van der Waals surface area contributed by atoms with Gasteiger partial charge in [0, 0.05) is 22.0 Å². The van der Waals surface area contributed by atoms with Gasteiger partial charge >= 0.3 is 0 Å². The fourth-order valence-corrected chi connectivity index (χ4v) is 5.03. The third-order valence-electron chi connectivity index (χ3n) is 5.51. The van der Waals surface area contributed by atoms with Crippen LogP contribution in [0, 0.1) is 0 Å². The largest absolute Gasteiger partial charge is 0.352 e. The number of fused-ring (bicyclic) bond motifs is 1. The summed E-state index contributed by atoms with van der Waals surface area (Å²) in [5, 5.41) is 3.67. The molecule has 2 amide bonds. The molecule has 0 saturated heterocycles. The van der Waals surface area contributed by atoms with E-state index in [1.165, 1.54) is 30.2 Å². The first-order valence-electron chi connectivity index (χ1n) is 10.4. The number of nitrogens with one attached hydrogen (secondary N) is 1. The molecule has 0 fully saturated rings. The lowest BCUT2D eigenvalue weighted by Gasteiger charge is -2.29. The Morgan fingerprint density at radius 2 is 2.07 bits per heavy atom. The van der Waals surface area contributed by atoms with Gasteiger partial charge in [0.05, 0.1) is 18.0 Å². The summed E-state index contributed by atoms with van der Waals surface area (Å²) >= 11 is 7.62. The first-order valence-corrected chi connectivity index (χ1v) is 11.7. The highest BCUT2D eigenvalue weighted by atomic mass is 35.5. The summed E-state index contributed by atoms with van der Waals surface area (Å²) in [5.74, 6) is 0.336. The Hall–Kier alpha value is -2.24. The van der Waals surface area contributed by atoms with Crippen LogP contribution in [0.1, 0.15) is 48.0 Å². The SMILES string of the molecule is O=C(NCCC1=CCCCC1)c1ccc2c(c1)N(Cc1cccc(Cl)c1)C(=O)CS2. The predicted molar refractivity (Wildman–Crippen MR) is 123 cm³/mol. The highest BCUT2D eigenvalue weighted by Crippen LogP contribution is 2.37. The van der Waals surface area contributed by atoms with Crippen LogP contribution < -0.4 is 10.2 Å². The number of hydrogen-bond acceptors (Lipinski definition) is 3. The van der Waals surface area contributed by atoms with Crippen LogP contribution in [-0.2, 0) is 11.3 Å². The first-order chi connectivity index (χ1) is 14.6. The number of hydrogen-bond donors (Lipinski definition) is 1. The molecule has 1 aliphatic heterocycles. The molecule has 2 aliphatic rings. The number of nitrogens with zero attached hydrogens (tertiary/aromatic N) is 1. The Balaban J connectivity index is 1.47. The molecule has 0 unspecified atom stereocenters. The molecular formula is C24H25ClN2O2S. The summed E-state index contributed by atoms with van der Waals surface area (Å²) in [6, 6.07) is 13.1. The van der Waals surface area contributed by atoms with Crippen molar-refractivity contribution < 1.29 is 9.59 Å². The molecule has 30 heavy (non-hydrogen) atoms. The number of rotatable bonds is 6. The molecule has 0 bridgehead atoms. The van der Waals surface area contributed by atoms with E-state index in [-0.39, 0.29) is 11.8 Å². The summed E-state index contributed by atoms with van der Waals surface area (Å²) in [4.78, 5) is 28.1. The summed E-state index contributed by atoms with van der Waals surface area (Å²) in [5.41, 5.74) is 3.78. The molecule has 6 heteroatoms. The first kappa shape index (κ1) is 21.0. The highest BCUT2D eigenvalue weighted by Gasteiger charge is 2.26. The van der Waals surface area contributed by atoms with Crippen LogP contribution in [0.15, 0.2) is 59.0 Å². The standard InChI is InChI=1S/C24H25ClN2O2S/c25-20-8-4-7-18(13-20)15-27-21-14-19(9-10-22(21)30-16-23(27)28)24(29)26-12-11-17-5-2-1-3-6-17/h4-5,7-10,13-14H,1-3,6,11-12,15-16H2,(H,26,29). The number of thioether (sulfide) groups is 1. The predicted octanol–water partition coefficient (Wildman–Crippen LogP) is 5.60. The zero-order valence-electron chi connectivity index (χ0n) is 16.8. The fraction of sp³-hybridized carbons (Fsp3) is 0.333. The van der Waals surface area contributed by atoms with Crippen molar-refractivity contribution in [1.82, 2.24) is 5.32 Å². The number of carbonyl (C=O) groups excluding carboxylic acids is 2. The molecule has 2 aromatic rings. The van der Waals surface area contributed by atoms with E-state index in [1.54, 1.807) is 4.90 Å². The third-order valence-corrected chi connectivity index (χ3v) is 6.79. The Labute approximate surface area is 186 Å². The molecule has 2 aromatic carbocycles. The van der Waals surface area contributed by atoms with Crippen LogP contribution >= 0.6 is 23.4 Å². The molecule has 1 heterocycles. The molecule has 1 N–H and O–H groups in total. The molecule has 0 saturated carbocycles. The number of halogens is 1. The summed E-state index contributed by atoms with van der Waals surface area (Å²) in [7, 11) is 0. The Morgan fingerprint density at radius 1 is 1.17 bits per heavy atom. The lowest BCUT2D eigenvalue weighted by atomic mass is 9.97. The van der Waals surface area contributed by atoms with E-state index in [0.717, 1.165) is 35.4 Å². The molecule has 4 rings (SSSR count). The van der Waals surface area contributed by atoms with Gasteiger partial charge in [0.25, 0.3) is 5.91 Å². The molecule has 4 nitrogen and oxygen atoms in total. The molecule has 0 aromatic heterocycles. The smallest absolute Gasteiger partial charge is 0.251 e. The second-order valence-electron chi connectivity index (χ2n) is 7.70. The van der Waals surface area contributed by atoms with Gasteiger partial charge in [-0.15, -0.1) is 11.8 Å². The highest BCUT2D eigenvalue weighted by molar-refractivity contribution is 8.00. The van der Waals surface area contributed by atoms with Crippen molar-refractivity contribution in [2.24, 2.45) is 0 Å². The monoisotopic (exact) mass is 440 g/mol.